The van der Waals surface area contributed by atoms with Gasteiger partial charge in [-0.3, -0.25) is 9.59 Å². The van der Waals surface area contributed by atoms with E-state index in [0.717, 1.165) is 16.7 Å². The maximum atomic E-state index is 14.8. The molecule has 5 rings (SSSR count). The van der Waals surface area contributed by atoms with Crippen LogP contribution in [0.5, 0.6) is 0 Å². The van der Waals surface area contributed by atoms with Crippen molar-refractivity contribution >= 4 is 11.9 Å². The minimum atomic E-state index is -1.74. The Morgan fingerprint density at radius 3 is 2.27 bits per heavy atom. The molecule has 1 aliphatic rings. The predicted octanol–water partition coefficient (Wildman–Crippen LogP) is 5.65. The summed E-state index contributed by atoms with van der Waals surface area (Å²) in [5, 5.41) is 16.4. The average molecular weight is 539 g/mol. The number of amides is 1. The quantitative estimate of drug-likeness (QED) is 0.279. The van der Waals surface area contributed by atoms with E-state index in [1.807, 2.05) is 54.6 Å². The Hall–Kier alpha value is -5.05. The Morgan fingerprint density at radius 1 is 0.975 bits per heavy atom. The first-order valence-corrected chi connectivity index (χ1v) is 12.7. The van der Waals surface area contributed by atoms with Gasteiger partial charge in [0.25, 0.3) is 5.89 Å². The summed E-state index contributed by atoms with van der Waals surface area (Å²) in [4.78, 5) is 30.7. The molecule has 8 nitrogen and oxygen atoms in total. The molecule has 0 bridgehead atoms. The van der Waals surface area contributed by atoms with Gasteiger partial charge in [-0.15, -0.1) is 0 Å². The summed E-state index contributed by atoms with van der Waals surface area (Å²) in [6, 6.07) is 21.4. The molecule has 1 aliphatic heterocycles. The molecule has 1 aromatic heterocycles. The van der Waals surface area contributed by atoms with E-state index in [-0.39, 0.29) is 17.7 Å². The Balaban J connectivity index is 1.26. The van der Waals surface area contributed by atoms with Crippen LogP contribution in [0, 0.1) is 11.2 Å². The highest BCUT2D eigenvalue weighted by atomic mass is 19.1. The second-order valence-corrected chi connectivity index (χ2v) is 9.79. The zero-order valence-electron chi connectivity index (χ0n) is 21.9. The molecule has 40 heavy (non-hydrogen) atoms. The van der Waals surface area contributed by atoms with Crippen LogP contribution in [0.25, 0.3) is 34.0 Å². The second-order valence-electron chi connectivity index (χ2n) is 9.79. The van der Waals surface area contributed by atoms with Gasteiger partial charge in [-0.05, 0) is 49.3 Å². The van der Waals surface area contributed by atoms with Gasteiger partial charge in [0, 0.05) is 41.7 Å². The van der Waals surface area contributed by atoms with Crippen LogP contribution in [0.3, 0.4) is 0 Å². The summed E-state index contributed by atoms with van der Waals surface area (Å²) >= 11 is 0. The fourth-order valence-corrected chi connectivity index (χ4v) is 4.34. The molecule has 0 radical (unpaired) electrons. The number of benzene rings is 3. The van der Waals surface area contributed by atoms with Crippen molar-refractivity contribution < 1.29 is 23.6 Å². The maximum Gasteiger partial charge on any atom is 0.327 e. The molecule has 0 aliphatic carbocycles. The summed E-state index contributed by atoms with van der Waals surface area (Å²) in [7, 11) is 0. The molecule has 0 fully saturated rings. The van der Waals surface area contributed by atoms with Crippen molar-refractivity contribution in [3.8, 4) is 34.0 Å². The Bertz CT molecular complexity index is 1580. The first-order chi connectivity index (χ1) is 19.2. The van der Waals surface area contributed by atoms with Crippen LogP contribution in [-0.4, -0.2) is 38.1 Å². The second kappa shape index (κ2) is 11.0. The lowest BCUT2D eigenvalue weighted by Gasteiger charge is -2.28. The highest BCUT2D eigenvalue weighted by molar-refractivity contribution is 6.06. The Morgan fingerprint density at radius 2 is 1.65 bits per heavy atom. The molecule has 4 aromatic rings. The zero-order chi connectivity index (χ0) is 28.3. The van der Waals surface area contributed by atoms with Gasteiger partial charge in [0.1, 0.15) is 5.82 Å². The topological polar surface area (TPSA) is 109 Å². The standard InChI is InChI=1S/C31H27FN4O4/c1-20(2)33-29(37)31(30(38)39)14-16-36(17-15-31)19-21-8-10-23(11-9-21)27-34-28(40-35-27)24-12-13-25(26(32)18-24)22-6-4-3-5-7-22/h3-18,20H,19H2,1-2H3,(H,33,37)(H,38,39). The van der Waals surface area contributed by atoms with E-state index < -0.39 is 17.3 Å². The Kier molecular flexibility index (Phi) is 7.29. The molecule has 0 saturated heterocycles. The van der Waals surface area contributed by atoms with E-state index >= 15 is 0 Å². The summed E-state index contributed by atoms with van der Waals surface area (Å²) in [5.74, 6) is -1.62. The molecule has 2 heterocycles. The molecule has 0 unspecified atom stereocenters. The number of hydrogen-bond donors (Lipinski definition) is 2. The number of rotatable bonds is 8. The van der Waals surface area contributed by atoms with Gasteiger partial charge >= 0.3 is 5.97 Å². The number of halogens is 1. The SMILES string of the molecule is CC(C)NC(=O)C1(C(=O)O)C=CN(Cc2ccc(-c3noc(-c4ccc(-c5ccccc5)c(F)c4)n3)cc2)C=C1. The number of carbonyl (C=O) groups is 2. The molecular formula is C31H27FN4O4. The van der Waals surface area contributed by atoms with Gasteiger partial charge in [-0.1, -0.05) is 65.8 Å². The number of nitrogens with one attached hydrogen (secondary N) is 1. The molecule has 202 valence electrons. The number of nitrogens with zero attached hydrogens (tertiary/aromatic N) is 3. The van der Waals surface area contributed by atoms with E-state index in [9.17, 15) is 19.1 Å². The Labute approximate surface area is 230 Å². The van der Waals surface area contributed by atoms with E-state index in [4.69, 9.17) is 4.52 Å². The third-order valence-corrected chi connectivity index (χ3v) is 6.51. The largest absolute Gasteiger partial charge is 0.480 e. The fraction of sp³-hybridized carbons (Fsp3) is 0.161. The van der Waals surface area contributed by atoms with Crippen molar-refractivity contribution in [3.05, 3.63) is 109 Å². The van der Waals surface area contributed by atoms with E-state index in [2.05, 4.69) is 15.5 Å². The van der Waals surface area contributed by atoms with Crippen LogP contribution in [-0.2, 0) is 16.1 Å². The maximum absolute atomic E-state index is 14.8. The van der Waals surface area contributed by atoms with Crippen molar-refractivity contribution in [2.75, 3.05) is 0 Å². The summed E-state index contributed by atoms with van der Waals surface area (Å²) in [6.45, 7) is 4.01. The fourth-order valence-electron chi connectivity index (χ4n) is 4.34. The first-order valence-electron chi connectivity index (χ1n) is 12.7. The molecule has 0 saturated carbocycles. The van der Waals surface area contributed by atoms with Gasteiger partial charge in [-0.25, -0.2) is 4.39 Å². The van der Waals surface area contributed by atoms with Crippen molar-refractivity contribution in [2.45, 2.75) is 26.4 Å². The van der Waals surface area contributed by atoms with Gasteiger partial charge in [-0.2, -0.15) is 4.98 Å². The van der Waals surface area contributed by atoms with E-state index in [1.165, 1.54) is 18.2 Å². The molecule has 9 heteroatoms. The van der Waals surface area contributed by atoms with E-state index in [1.54, 1.807) is 43.3 Å². The lowest BCUT2D eigenvalue weighted by atomic mass is 9.85. The monoisotopic (exact) mass is 538 g/mol. The molecular weight excluding hydrogens is 511 g/mol. The lowest BCUT2D eigenvalue weighted by Crippen LogP contribution is -2.47. The van der Waals surface area contributed by atoms with Crippen molar-refractivity contribution in [1.82, 2.24) is 20.4 Å². The van der Waals surface area contributed by atoms with Crippen LogP contribution in [0.4, 0.5) is 4.39 Å². The number of aromatic nitrogens is 2. The van der Waals surface area contributed by atoms with Crippen molar-refractivity contribution in [3.63, 3.8) is 0 Å². The third-order valence-electron chi connectivity index (χ3n) is 6.51. The minimum absolute atomic E-state index is 0.182. The number of aliphatic carboxylic acids is 1. The van der Waals surface area contributed by atoms with Crippen LogP contribution in [0.15, 0.2) is 102 Å². The normalized spacial score (nSPS) is 13.9. The average Bonchev–Trinajstić information content (AvgIpc) is 3.44. The van der Waals surface area contributed by atoms with Crippen molar-refractivity contribution in [2.24, 2.45) is 5.41 Å². The highest BCUT2D eigenvalue weighted by Gasteiger charge is 2.43. The van der Waals surface area contributed by atoms with Crippen LogP contribution in [0.1, 0.15) is 19.4 Å². The molecule has 1 amide bonds. The number of carboxylic acid groups (broad SMARTS) is 1. The van der Waals surface area contributed by atoms with Gasteiger partial charge in [0.15, 0.2) is 5.41 Å². The molecule has 0 spiro atoms. The third kappa shape index (κ3) is 5.40. The van der Waals surface area contributed by atoms with Crippen LogP contribution in [0.2, 0.25) is 0 Å². The predicted molar refractivity (Wildman–Crippen MR) is 148 cm³/mol. The summed E-state index contributed by atoms with van der Waals surface area (Å²) < 4.78 is 20.2. The molecule has 2 N–H and O–H groups in total. The number of carbonyl (C=O) groups excluding carboxylic acids is 1. The molecule has 3 aromatic carbocycles. The lowest BCUT2D eigenvalue weighted by molar-refractivity contribution is -0.149. The highest BCUT2D eigenvalue weighted by Crippen LogP contribution is 2.30. The van der Waals surface area contributed by atoms with E-state index in [0.29, 0.717) is 23.5 Å². The minimum Gasteiger partial charge on any atom is -0.480 e. The van der Waals surface area contributed by atoms with Crippen LogP contribution < -0.4 is 5.32 Å². The number of hydrogen-bond acceptors (Lipinski definition) is 6. The van der Waals surface area contributed by atoms with Crippen LogP contribution >= 0.6 is 0 Å². The van der Waals surface area contributed by atoms with Gasteiger partial charge in [0.05, 0.1) is 0 Å². The van der Waals surface area contributed by atoms with Crippen molar-refractivity contribution in [1.29, 1.82) is 0 Å². The van der Waals surface area contributed by atoms with Gasteiger partial charge in [0.2, 0.25) is 11.7 Å². The first kappa shape index (κ1) is 26.6. The summed E-state index contributed by atoms with van der Waals surface area (Å²) in [5.41, 5.74) is 1.67. The van der Waals surface area contributed by atoms with Gasteiger partial charge < -0.3 is 19.8 Å². The smallest absolute Gasteiger partial charge is 0.327 e. The zero-order valence-corrected chi connectivity index (χ0v) is 21.9. The number of carboxylic acids is 1. The summed E-state index contributed by atoms with van der Waals surface area (Å²) in [6.07, 6.45) is 5.96. The molecule has 0 atom stereocenters.